The van der Waals surface area contributed by atoms with Gasteiger partial charge < -0.3 is 10.5 Å². The lowest BCUT2D eigenvalue weighted by atomic mass is 10.1. The lowest BCUT2D eigenvalue weighted by Gasteiger charge is -2.13. The molecule has 1 saturated heterocycles. The fraction of sp³-hybridized carbons (Fsp3) is 0.455. The summed E-state index contributed by atoms with van der Waals surface area (Å²) in [6.45, 7) is 0.891. The molecule has 0 bridgehead atoms. The second kappa shape index (κ2) is 4.53. The smallest absolute Gasteiger partial charge is 0.178 e. The zero-order valence-corrected chi connectivity index (χ0v) is 9.69. The minimum absolute atomic E-state index is 0.0676. The van der Waals surface area contributed by atoms with Gasteiger partial charge in [-0.25, -0.2) is 8.42 Å². The summed E-state index contributed by atoms with van der Waals surface area (Å²) in [7, 11) is -3.24. The Kier molecular flexibility index (Phi) is 3.28. The molecule has 1 fully saturated rings. The first kappa shape index (κ1) is 11.6. The molecule has 0 aromatic heterocycles. The Bertz CT molecular complexity index is 444. The number of ether oxygens (including phenoxy) is 1. The molecule has 1 aromatic carbocycles. The SMILES string of the molecule is NC1COCC1CS(=O)(=O)c1ccccc1. The third kappa shape index (κ3) is 2.42. The molecule has 16 heavy (non-hydrogen) atoms. The van der Waals surface area contributed by atoms with E-state index in [1.54, 1.807) is 30.3 Å². The van der Waals surface area contributed by atoms with E-state index >= 15 is 0 Å². The van der Waals surface area contributed by atoms with Crippen LogP contribution in [0.1, 0.15) is 0 Å². The van der Waals surface area contributed by atoms with Gasteiger partial charge in [-0.3, -0.25) is 0 Å². The number of sulfone groups is 1. The van der Waals surface area contributed by atoms with Gasteiger partial charge in [0.1, 0.15) is 0 Å². The third-order valence-corrected chi connectivity index (χ3v) is 4.64. The van der Waals surface area contributed by atoms with E-state index in [-0.39, 0.29) is 17.7 Å². The van der Waals surface area contributed by atoms with Crippen molar-refractivity contribution < 1.29 is 13.2 Å². The van der Waals surface area contributed by atoms with Crippen LogP contribution < -0.4 is 5.73 Å². The Hall–Kier alpha value is -0.910. The van der Waals surface area contributed by atoms with Gasteiger partial charge in [0.15, 0.2) is 9.84 Å². The molecular formula is C11H15NO3S. The van der Waals surface area contributed by atoms with Crippen molar-refractivity contribution in [3.05, 3.63) is 30.3 Å². The first-order valence-corrected chi connectivity index (χ1v) is 6.86. The fourth-order valence-electron chi connectivity index (χ4n) is 1.79. The molecule has 0 saturated carbocycles. The standard InChI is InChI=1S/C11H15NO3S/c12-11-7-15-6-9(11)8-16(13,14)10-4-2-1-3-5-10/h1-5,9,11H,6-8,12H2. The van der Waals surface area contributed by atoms with Crippen molar-refractivity contribution in [1.82, 2.24) is 0 Å². The van der Waals surface area contributed by atoms with Gasteiger partial charge >= 0.3 is 0 Å². The maximum atomic E-state index is 12.0. The van der Waals surface area contributed by atoms with Crippen molar-refractivity contribution in [2.45, 2.75) is 10.9 Å². The van der Waals surface area contributed by atoms with Crippen LogP contribution in [0, 0.1) is 5.92 Å². The van der Waals surface area contributed by atoms with Crippen molar-refractivity contribution in [2.24, 2.45) is 11.7 Å². The lowest BCUT2D eigenvalue weighted by molar-refractivity contribution is 0.186. The molecule has 1 heterocycles. The first-order valence-electron chi connectivity index (χ1n) is 5.21. The van der Waals surface area contributed by atoms with Crippen LogP contribution in [-0.2, 0) is 14.6 Å². The molecule has 2 unspecified atom stereocenters. The summed E-state index contributed by atoms with van der Waals surface area (Å²) in [4.78, 5) is 0.356. The highest BCUT2D eigenvalue weighted by atomic mass is 32.2. The molecule has 4 nitrogen and oxygen atoms in total. The van der Waals surface area contributed by atoms with E-state index in [1.165, 1.54) is 0 Å². The quantitative estimate of drug-likeness (QED) is 0.833. The average Bonchev–Trinajstić information content (AvgIpc) is 2.65. The molecule has 0 aliphatic carbocycles. The largest absolute Gasteiger partial charge is 0.379 e. The molecule has 88 valence electrons. The van der Waals surface area contributed by atoms with Gasteiger partial charge in [-0.15, -0.1) is 0 Å². The molecule has 0 radical (unpaired) electrons. The number of nitrogens with two attached hydrogens (primary N) is 1. The Balaban J connectivity index is 2.15. The Morgan fingerprint density at radius 3 is 2.50 bits per heavy atom. The lowest BCUT2D eigenvalue weighted by Crippen LogP contribution is -2.33. The molecule has 0 amide bonds. The van der Waals surface area contributed by atoms with E-state index in [1.807, 2.05) is 0 Å². The van der Waals surface area contributed by atoms with Gasteiger partial charge in [0.25, 0.3) is 0 Å². The molecule has 0 spiro atoms. The summed E-state index contributed by atoms with van der Waals surface area (Å²) < 4.78 is 29.2. The number of hydrogen-bond donors (Lipinski definition) is 1. The minimum Gasteiger partial charge on any atom is -0.379 e. The van der Waals surface area contributed by atoms with Gasteiger partial charge in [-0.2, -0.15) is 0 Å². The van der Waals surface area contributed by atoms with Crippen LogP contribution in [-0.4, -0.2) is 33.4 Å². The van der Waals surface area contributed by atoms with Crippen LogP contribution in [0.2, 0.25) is 0 Å². The molecular weight excluding hydrogens is 226 g/mol. The summed E-state index contributed by atoms with van der Waals surface area (Å²) in [6, 6.07) is 8.28. The zero-order chi connectivity index (χ0) is 11.6. The normalized spacial score (nSPS) is 25.8. The first-order chi connectivity index (χ1) is 7.59. The van der Waals surface area contributed by atoms with E-state index in [9.17, 15) is 8.42 Å². The predicted molar refractivity (Wildman–Crippen MR) is 60.8 cm³/mol. The summed E-state index contributed by atoms with van der Waals surface area (Å²) >= 11 is 0. The summed E-state index contributed by atoms with van der Waals surface area (Å²) in [5.41, 5.74) is 5.77. The van der Waals surface area contributed by atoms with Crippen molar-refractivity contribution in [3.8, 4) is 0 Å². The van der Waals surface area contributed by atoms with E-state index in [2.05, 4.69) is 0 Å². The zero-order valence-electron chi connectivity index (χ0n) is 8.87. The van der Waals surface area contributed by atoms with Crippen LogP contribution >= 0.6 is 0 Å². The van der Waals surface area contributed by atoms with E-state index in [0.29, 0.717) is 18.1 Å². The summed E-state index contributed by atoms with van der Waals surface area (Å²) in [5.74, 6) is -0.0248. The van der Waals surface area contributed by atoms with Crippen molar-refractivity contribution in [2.75, 3.05) is 19.0 Å². The maximum absolute atomic E-state index is 12.0. The third-order valence-electron chi connectivity index (χ3n) is 2.78. The summed E-state index contributed by atoms with van der Waals surface area (Å²) in [6.07, 6.45) is 0. The second-order valence-corrected chi connectivity index (χ2v) is 6.09. The van der Waals surface area contributed by atoms with Gasteiger partial charge in [-0.1, -0.05) is 18.2 Å². The number of benzene rings is 1. The number of hydrogen-bond acceptors (Lipinski definition) is 4. The highest BCUT2D eigenvalue weighted by Gasteiger charge is 2.30. The van der Waals surface area contributed by atoms with Crippen LogP contribution in [0.15, 0.2) is 35.2 Å². The molecule has 2 N–H and O–H groups in total. The van der Waals surface area contributed by atoms with Gasteiger partial charge in [0, 0.05) is 12.0 Å². The van der Waals surface area contributed by atoms with Crippen molar-refractivity contribution >= 4 is 9.84 Å². The number of rotatable bonds is 3. The Morgan fingerprint density at radius 2 is 1.94 bits per heavy atom. The molecule has 2 rings (SSSR count). The maximum Gasteiger partial charge on any atom is 0.178 e. The topological polar surface area (TPSA) is 69.4 Å². The molecule has 1 aromatic rings. The van der Waals surface area contributed by atoms with Crippen LogP contribution in [0.5, 0.6) is 0 Å². The second-order valence-electron chi connectivity index (χ2n) is 4.06. The Labute approximate surface area is 95.3 Å². The Morgan fingerprint density at radius 1 is 1.25 bits per heavy atom. The highest BCUT2D eigenvalue weighted by Crippen LogP contribution is 2.19. The van der Waals surface area contributed by atoms with Crippen LogP contribution in [0.4, 0.5) is 0 Å². The van der Waals surface area contributed by atoms with Gasteiger partial charge in [0.05, 0.1) is 23.9 Å². The molecule has 2 atom stereocenters. The van der Waals surface area contributed by atoms with Gasteiger partial charge in [0.2, 0.25) is 0 Å². The van der Waals surface area contributed by atoms with E-state index in [0.717, 1.165) is 0 Å². The molecule has 5 heteroatoms. The minimum atomic E-state index is -3.24. The monoisotopic (exact) mass is 241 g/mol. The van der Waals surface area contributed by atoms with Crippen LogP contribution in [0.25, 0.3) is 0 Å². The van der Waals surface area contributed by atoms with E-state index in [4.69, 9.17) is 10.5 Å². The average molecular weight is 241 g/mol. The fourth-order valence-corrected chi connectivity index (χ4v) is 3.46. The molecule has 1 aliphatic rings. The van der Waals surface area contributed by atoms with E-state index < -0.39 is 9.84 Å². The highest BCUT2D eigenvalue weighted by molar-refractivity contribution is 7.91. The van der Waals surface area contributed by atoms with Crippen molar-refractivity contribution in [3.63, 3.8) is 0 Å². The summed E-state index contributed by atoms with van der Waals surface area (Å²) in [5, 5.41) is 0. The van der Waals surface area contributed by atoms with Crippen LogP contribution in [0.3, 0.4) is 0 Å². The molecule has 1 aliphatic heterocycles. The van der Waals surface area contributed by atoms with Gasteiger partial charge in [-0.05, 0) is 12.1 Å². The van der Waals surface area contributed by atoms with Crippen molar-refractivity contribution in [1.29, 1.82) is 0 Å². The predicted octanol–water partition coefficient (Wildman–Crippen LogP) is 0.434.